The van der Waals surface area contributed by atoms with Crippen molar-refractivity contribution in [1.29, 1.82) is 0 Å². The first-order chi connectivity index (χ1) is 12.7. The third-order valence-electron chi connectivity index (χ3n) is 5.21. The van der Waals surface area contributed by atoms with Gasteiger partial charge in [-0.05, 0) is 32.3 Å². The Morgan fingerprint density at radius 3 is 2.35 bits per heavy atom. The Morgan fingerprint density at radius 2 is 1.77 bits per heavy atom. The first kappa shape index (κ1) is 18.5. The maximum Gasteiger partial charge on any atom is 0.409 e. The highest BCUT2D eigenvalue weighted by molar-refractivity contribution is 5.80. The van der Waals surface area contributed by atoms with Crippen molar-refractivity contribution in [1.82, 2.24) is 15.1 Å². The molecule has 6 heteroatoms. The van der Waals surface area contributed by atoms with Crippen molar-refractivity contribution < 1.29 is 9.53 Å². The van der Waals surface area contributed by atoms with E-state index in [1.165, 1.54) is 18.4 Å². The number of rotatable bonds is 5. The number of nitrogens with one attached hydrogen (secondary N) is 1. The highest BCUT2D eigenvalue weighted by Crippen LogP contribution is 2.48. The molecule has 2 aliphatic rings. The molecule has 1 saturated carbocycles. The molecule has 142 valence electrons. The van der Waals surface area contributed by atoms with E-state index in [0.29, 0.717) is 19.7 Å². The zero-order valence-electron chi connectivity index (χ0n) is 15.9. The Labute approximate surface area is 156 Å². The van der Waals surface area contributed by atoms with Gasteiger partial charge in [0.05, 0.1) is 13.2 Å². The molecule has 0 radical (unpaired) electrons. The van der Waals surface area contributed by atoms with Crippen LogP contribution in [0.2, 0.25) is 0 Å². The van der Waals surface area contributed by atoms with Crippen LogP contribution in [0.4, 0.5) is 4.79 Å². The molecule has 3 rings (SSSR count). The normalized spacial score (nSPS) is 19.2. The Morgan fingerprint density at radius 1 is 1.12 bits per heavy atom. The summed E-state index contributed by atoms with van der Waals surface area (Å²) in [5.74, 6) is 0.957. The van der Waals surface area contributed by atoms with Gasteiger partial charge in [-0.25, -0.2) is 4.79 Å². The zero-order valence-corrected chi connectivity index (χ0v) is 15.9. The van der Waals surface area contributed by atoms with Gasteiger partial charge in [0.15, 0.2) is 5.96 Å². The second-order valence-electron chi connectivity index (χ2n) is 6.99. The van der Waals surface area contributed by atoms with Gasteiger partial charge >= 0.3 is 6.09 Å². The van der Waals surface area contributed by atoms with Crippen LogP contribution in [0.3, 0.4) is 0 Å². The van der Waals surface area contributed by atoms with Crippen molar-refractivity contribution in [2.45, 2.75) is 32.1 Å². The summed E-state index contributed by atoms with van der Waals surface area (Å²) >= 11 is 0. The molecule has 2 fully saturated rings. The maximum absolute atomic E-state index is 11.9. The van der Waals surface area contributed by atoms with E-state index in [2.05, 4.69) is 47.5 Å². The molecule has 1 aromatic carbocycles. The minimum absolute atomic E-state index is 0.213. The van der Waals surface area contributed by atoms with Crippen molar-refractivity contribution in [2.24, 2.45) is 4.99 Å². The molecule has 1 aromatic rings. The average molecular weight is 358 g/mol. The highest BCUT2D eigenvalue weighted by atomic mass is 16.6. The largest absolute Gasteiger partial charge is 0.450 e. The molecule has 0 bridgehead atoms. The van der Waals surface area contributed by atoms with Gasteiger partial charge in [-0.3, -0.25) is 4.99 Å². The minimum atomic E-state index is -0.213. The second-order valence-corrected chi connectivity index (χ2v) is 6.99. The minimum Gasteiger partial charge on any atom is -0.450 e. The van der Waals surface area contributed by atoms with Crippen LogP contribution in [0, 0.1) is 0 Å². The third-order valence-corrected chi connectivity index (χ3v) is 5.21. The lowest BCUT2D eigenvalue weighted by atomic mass is 9.96. The number of hydrogen-bond acceptors (Lipinski definition) is 3. The van der Waals surface area contributed by atoms with E-state index in [9.17, 15) is 4.79 Å². The summed E-state index contributed by atoms with van der Waals surface area (Å²) in [5.41, 5.74) is 1.61. The average Bonchev–Trinajstić information content (AvgIpc) is 3.47. The SMILES string of the molecule is CCNC(=NCC1(c2ccccc2)CC1)N1CCN(C(=O)OCC)CC1. The van der Waals surface area contributed by atoms with E-state index in [4.69, 9.17) is 9.73 Å². The van der Waals surface area contributed by atoms with Gasteiger partial charge in [0.25, 0.3) is 0 Å². The highest BCUT2D eigenvalue weighted by Gasteiger charge is 2.44. The predicted octanol–water partition coefficient (Wildman–Crippen LogP) is 2.46. The molecule has 0 atom stereocenters. The van der Waals surface area contributed by atoms with Gasteiger partial charge in [0, 0.05) is 38.1 Å². The number of hydrogen-bond donors (Lipinski definition) is 1. The van der Waals surface area contributed by atoms with E-state index in [0.717, 1.165) is 32.1 Å². The molecule has 1 amide bonds. The first-order valence-electron chi connectivity index (χ1n) is 9.69. The summed E-state index contributed by atoms with van der Waals surface area (Å²) in [6.07, 6.45) is 2.20. The molecule has 6 nitrogen and oxygen atoms in total. The molecule has 0 aromatic heterocycles. The topological polar surface area (TPSA) is 57.2 Å². The van der Waals surface area contributed by atoms with E-state index >= 15 is 0 Å². The molecule has 1 aliphatic heterocycles. The van der Waals surface area contributed by atoms with Crippen LogP contribution in [0.5, 0.6) is 0 Å². The molecule has 0 unspecified atom stereocenters. The maximum atomic E-state index is 11.9. The van der Waals surface area contributed by atoms with Crippen molar-refractivity contribution in [3.05, 3.63) is 35.9 Å². The fourth-order valence-electron chi connectivity index (χ4n) is 3.45. The summed E-state index contributed by atoms with van der Waals surface area (Å²) < 4.78 is 5.10. The fraction of sp³-hybridized carbons (Fsp3) is 0.600. The predicted molar refractivity (Wildman–Crippen MR) is 104 cm³/mol. The molecule has 1 heterocycles. The van der Waals surface area contributed by atoms with Crippen molar-refractivity contribution >= 4 is 12.1 Å². The van der Waals surface area contributed by atoms with Gasteiger partial charge in [-0.15, -0.1) is 0 Å². The van der Waals surface area contributed by atoms with Crippen molar-refractivity contribution in [2.75, 3.05) is 45.9 Å². The summed E-state index contributed by atoms with van der Waals surface area (Å²) in [7, 11) is 0. The third kappa shape index (κ3) is 4.29. The van der Waals surface area contributed by atoms with Gasteiger partial charge in [0.2, 0.25) is 0 Å². The number of carbonyl (C=O) groups excluding carboxylic acids is 1. The van der Waals surface area contributed by atoms with E-state index < -0.39 is 0 Å². The van der Waals surface area contributed by atoms with Crippen LogP contribution in [0.1, 0.15) is 32.3 Å². The standard InChI is InChI=1S/C20H30N4O2/c1-3-21-18(23-12-14-24(15-13-23)19(25)26-4-2)22-16-20(10-11-20)17-8-6-5-7-9-17/h5-9H,3-4,10-16H2,1-2H3,(H,21,22). The van der Waals surface area contributed by atoms with Crippen LogP contribution in [0.25, 0.3) is 0 Å². The number of amides is 1. The van der Waals surface area contributed by atoms with Crippen LogP contribution >= 0.6 is 0 Å². The van der Waals surface area contributed by atoms with E-state index in [-0.39, 0.29) is 11.5 Å². The number of guanidine groups is 1. The van der Waals surface area contributed by atoms with Gasteiger partial charge < -0.3 is 19.9 Å². The quantitative estimate of drug-likeness (QED) is 0.649. The van der Waals surface area contributed by atoms with Gasteiger partial charge in [-0.1, -0.05) is 30.3 Å². The number of nitrogens with zero attached hydrogens (tertiary/aromatic N) is 3. The number of piperazine rings is 1. The molecular formula is C20H30N4O2. The van der Waals surface area contributed by atoms with Crippen LogP contribution in [0.15, 0.2) is 35.3 Å². The summed E-state index contributed by atoms with van der Waals surface area (Å²) in [6.45, 7) is 8.92. The number of aliphatic imine (C=N–C) groups is 1. The van der Waals surface area contributed by atoms with Crippen LogP contribution in [-0.4, -0.2) is 67.7 Å². The molecule has 26 heavy (non-hydrogen) atoms. The van der Waals surface area contributed by atoms with Crippen LogP contribution < -0.4 is 5.32 Å². The lowest BCUT2D eigenvalue weighted by Gasteiger charge is -2.36. The molecule has 1 N–H and O–H groups in total. The Bertz CT molecular complexity index is 620. The first-order valence-corrected chi connectivity index (χ1v) is 9.69. The van der Waals surface area contributed by atoms with Gasteiger partial charge in [0.1, 0.15) is 0 Å². The van der Waals surface area contributed by atoms with Crippen molar-refractivity contribution in [3.8, 4) is 0 Å². The zero-order chi connectivity index (χ0) is 18.4. The summed E-state index contributed by atoms with van der Waals surface area (Å²) in [5, 5.41) is 3.41. The van der Waals surface area contributed by atoms with E-state index in [1.54, 1.807) is 4.90 Å². The molecule has 1 saturated heterocycles. The fourth-order valence-corrected chi connectivity index (χ4v) is 3.45. The second kappa shape index (κ2) is 8.43. The number of ether oxygens (including phenoxy) is 1. The Balaban J connectivity index is 1.61. The van der Waals surface area contributed by atoms with Crippen molar-refractivity contribution in [3.63, 3.8) is 0 Å². The lowest BCUT2D eigenvalue weighted by molar-refractivity contribution is 0.0914. The van der Waals surface area contributed by atoms with Gasteiger partial charge in [-0.2, -0.15) is 0 Å². The summed E-state index contributed by atoms with van der Waals surface area (Å²) in [6, 6.07) is 10.7. The molecule has 1 aliphatic carbocycles. The monoisotopic (exact) mass is 358 g/mol. The smallest absolute Gasteiger partial charge is 0.409 e. The summed E-state index contributed by atoms with van der Waals surface area (Å²) in [4.78, 5) is 20.8. The number of carbonyl (C=O) groups is 1. The number of benzene rings is 1. The van der Waals surface area contributed by atoms with Crippen LogP contribution in [-0.2, 0) is 10.2 Å². The Kier molecular flexibility index (Phi) is 6.01. The Hall–Kier alpha value is -2.24. The molecule has 0 spiro atoms. The van der Waals surface area contributed by atoms with E-state index in [1.807, 2.05) is 6.92 Å². The lowest BCUT2D eigenvalue weighted by Crippen LogP contribution is -2.54. The molecular weight excluding hydrogens is 328 g/mol.